The molecule has 0 aromatic heterocycles. The fourth-order valence-electron chi connectivity index (χ4n) is 1.77. The third-order valence-electron chi connectivity index (χ3n) is 2.92. The van der Waals surface area contributed by atoms with Gasteiger partial charge in [0.05, 0.1) is 7.11 Å². The molecule has 1 N–H and O–H groups in total. The van der Waals surface area contributed by atoms with Crippen molar-refractivity contribution in [3.05, 3.63) is 63.2 Å². The molecule has 0 aliphatic heterocycles. The van der Waals surface area contributed by atoms with Crippen molar-refractivity contribution < 1.29 is 9.53 Å². The van der Waals surface area contributed by atoms with E-state index in [4.69, 9.17) is 4.74 Å². The highest BCUT2D eigenvalue weighted by atomic mass is 127. The zero-order valence-corrected chi connectivity index (χ0v) is 14.0. The van der Waals surface area contributed by atoms with Crippen LogP contribution < -0.4 is 10.1 Å². The summed E-state index contributed by atoms with van der Waals surface area (Å²) in [6.07, 6.45) is 1.58. The monoisotopic (exact) mass is 404 g/mol. The zero-order valence-electron chi connectivity index (χ0n) is 11.8. The Morgan fingerprint density at radius 2 is 1.91 bits per heavy atom. The first-order valence-corrected chi connectivity index (χ1v) is 7.53. The fraction of sp³-hybridized carbons (Fsp3) is 0.0588. The first-order valence-electron chi connectivity index (χ1n) is 6.46. The maximum Gasteiger partial charge on any atom is 0.266 e. The summed E-state index contributed by atoms with van der Waals surface area (Å²) >= 11 is 2.17. The Morgan fingerprint density at radius 3 is 2.50 bits per heavy atom. The van der Waals surface area contributed by atoms with E-state index in [1.165, 1.54) is 0 Å². The lowest BCUT2D eigenvalue weighted by Crippen LogP contribution is -2.13. The molecule has 0 atom stereocenters. The number of amides is 1. The van der Waals surface area contributed by atoms with E-state index in [2.05, 4.69) is 27.9 Å². The molecule has 0 bridgehead atoms. The molecule has 0 spiro atoms. The molecule has 0 aliphatic carbocycles. The predicted molar refractivity (Wildman–Crippen MR) is 94.4 cm³/mol. The lowest BCUT2D eigenvalue weighted by atomic mass is 10.1. The normalized spacial score (nSPS) is 10.7. The summed E-state index contributed by atoms with van der Waals surface area (Å²) in [7, 11) is 1.57. The first-order chi connectivity index (χ1) is 10.6. The Labute approximate surface area is 142 Å². The Bertz CT molecular complexity index is 746. The number of nitrogens with zero attached hydrogens (tertiary/aromatic N) is 1. The maximum absolute atomic E-state index is 12.2. The highest BCUT2D eigenvalue weighted by Gasteiger charge is 2.10. The molecule has 0 fully saturated rings. The van der Waals surface area contributed by atoms with E-state index in [0.717, 1.165) is 9.13 Å². The van der Waals surface area contributed by atoms with Crippen molar-refractivity contribution >= 4 is 40.3 Å². The van der Waals surface area contributed by atoms with Crippen LogP contribution in [-0.4, -0.2) is 13.0 Å². The van der Waals surface area contributed by atoms with Gasteiger partial charge >= 0.3 is 0 Å². The van der Waals surface area contributed by atoms with Gasteiger partial charge in [0.25, 0.3) is 5.91 Å². The topological polar surface area (TPSA) is 62.1 Å². The summed E-state index contributed by atoms with van der Waals surface area (Å²) in [6.45, 7) is 0. The van der Waals surface area contributed by atoms with Crippen LogP contribution in [0.1, 0.15) is 5.56 Å². The van der Waals surface area contributed by atoms with Crippen molar-refractivity contribution in [2.24, 2.45) is 0 Å². The van der Waals surface area contributed by atoms with Crippen molar-refractivity contribution in [2.75, 3.05) is 12.4 Å². The lowest BCUT2D eigenvalue weighted by Gasteiger charge is -2.06. The molecule has 0 saturated heterocycles. The van der Waals surface area contributed by atoms with Gasteiger partial charge < -0.3 is 10.1 Å². The molecule has 4 nitrogen and oxygen atoms in total. The summed E-state index contributed by atoms with van der Waals surface area (Å²) in [5.41, 5.74) is 1.50. The van der Waals surface area contributed by atoms with E-state index in [0.29, 0.717) is 11.4 Å². The van der Waals surface area contributed by atoms with Crippen molar-refractivity contribution in [2.45, 2.75) is 0 Å². The van der Waals surface area contributed by atoms with Crippen molar-refractivity contribution in [3.63, 3.8) is 0 Å². The number of anilines is 1. The highest BCUT2D eigenvalue weighted by Crippen LogP contribution is 2.18. The van der Waals surface area contributed by atoms with Crippen LogP contribution in [0.15, 0.2) is 54.1 Å². The van der Waals surface area contributed by atoms with E-state index >= 15 is 0 Å². The number of carbonyl (C=O) groups excluding carboxylic acids is 1. The van der Waals surface area contributed by atoms with Crippen LogP contribution in [0.4, 0.5) is 5.69 Å². The number of nitrogens with one attached hydrogen (secondary N) is 1. The third kappa shape index (κ3) is 4.09. The minimum atomic E-state index is -0.438. The number of methoxy groups -OCH3 is 1. The molecule has 0 unspecified atom stereocenters. The van der Waals surface area contributed by atoms with Crippen LogP contribution in [0, 0.1) is 14.9 Å². The SMILES string of the molecule is COc1ccc(NC(=O)C(C#N)=Cc2ccccc2I)cc1. The Kier molecular flexibility index (Phi) is 5.55. The predicted octanol–water partition coefficient (Wildman–Crippen LogP) is 3.85. The number of nitriles is 1. The second-order valence-electron chi connectivity index (χ2n) is 4.37. The molecule has 0 saturated carbocycles. The van der Waals surface area contributed by atoms with Crippen LogP contribution in [0.3, 0.4) is 0 Å². The molecule has 0 aliphatic rings. The summed E-state index contributed by atoms with van der Waals surface area (Å²) < 4.78 is 6.03. The minimum absolute atomic E-state index is 0.0555. The molecule has 2 rings (SSSR count). The Balaban J connectivity index is 2.19. The van der Waals surface area contributed by atoms with Gasteiger partial charge in [-0.15, -0.1) is 0 Å². The summed E-state index contributed by atoms with van der Waals surface area (Å²) in [5.74, 6) is 0.264. The van der Waals surface area contributed by atoms with Gasteiger partial charge in [0.15, 0.2) is 0 Å². The molecule has 1 amide bonds. The third-order valence-corrected chi connectivity index (χ3v) is 3.90. The fourth-order valence-corrected chi connectivity index (χ4v) is 2.31. The molecule has 2 aromatic rings. The number of rotatable bonds is 4. The van der Waals surface area contributed by atoms with Gasteiger partial charge in [-0.25, -0.2) is 0 Å². The summed E-state index contributed by atoms with van der Waals surface area (Å²) in [6, 6.07) is 16.4. The van der Waals surface area contributed by atoms with E-state index in [1.807, 2.05) is 30.3 Å². The average Bonchev–Trinajstić information content (AvgIpc) is 2.54. The standard InChI is InChI=1S/C17H13IN2O2/c1-22-15-8-6-14(7-9-15)20-17(21)13(11-19)10-12-4-2-3-5-16(12)18/h2-10H,1H3,(H,20,21). The molecule has 5 heteroatoms. The number of benzene rings is 2. The van der Waals surface area contributed by atoms with Gasteiger partial charge in [-0.2, -0.15) is 5.26 Å². The van der Waals surface area contributed by atoms with Crippen LogP contribution >= 0.6 is 22.6 Å². The molecular weight excluding hydrogens is 391 g/mol. The van der Waals surface area contributed by atoms with Crippen LogP contribution in [0.5, 0.6) is 5.75 Å². The Hall–Kier alpha value is -2.33. The second kappa shape index (κ2) is 7.61. The number of halogens is 1. The summed E-state index contributed by atoms with van der Waals surface area (Å²) in [4.78, 5) is 12.2. The first kappa shape index (κ1) is 16.0. The quantitative estimate of drug-likeness (QED) is 0.479. The smallest absolute Gasteiger partial charge is 0.266 e. The second-order valence-corrected chi connectivity index (χ2v) is 5.54. The van der Waals surface area contributed by atoms with Crippen molar-refractivity contribution in [3.8, 4) is 11.8 Å². The van der Waals surface area contributed by atoms with Crippen LogP contribution in [-0.2, 0) is 4.79 Å². The molecule has 2 aromatic carbocycles. The van der Waals surface area contributed by atoms with Gasteiger partial charge in [-0.1, -0.05) is 18.2 Å². The average molecular weight is 404 g/mol. The van der Waals surface area contributed by atoms with E-state index in [-0.39, 0.29) is 5.57 Å². The number of hydrogen-bond donors (Lipinski definition) is 1. The van der Waals surface area contributed by atoms with Gasteiger partial charge in [-0.05, 0) is 64.6 Å². The van der Waals surface area contributed by atoms with Crippen LogP contribution in [0.25, 0.3) is 6.08 Å². The van der Waals surface area contributed by atoms with Gasteiger partial charge in [0.1, 0.15) is 17.4 Å². The Morgan fingerprint density at radius 1 is 1.23 bits per heavy atom. The molecule has 22 heavy (non-hydrogen) atoms. The van der Waals surface area contributed by atoms with Crippen LogP contribution in [0.2, 0.25) is 0 Å². The maximum atomic E-state index is 12.2. The van der Waals surface area contributed by atoms with Crippen molar-refractivity contribution in [1.82, 2.24) is 0 Å². The van der Waals surface area contributed by atoms with E-state index < -0.39 is 5.91 Å². The molecule has 0 heterocycles. The number of carbonyl (C=O) groups is 1. The lowest BCUT2D eigenvalue weighted by molar-refractivity contribution is -0.112. The zero-order chi connectivity index (χ0) is 15.9. The van der Waals surface area contributed by atoms with Gasteiger partial charge in [-0.3, -0.25) is 4.79 Å². The van der Waals surface area contributed by atoms with Crippen molar-refractivity contribution in [1.29, 1.82) is 5.26 Å². The van der Waals surface area contributed by atoms with Gasteiger partial charge in [0.2, 0.25) is 0 Å². The number of ether oxygens (including phenoxy) is 1. The van der Waals surface area contributed by atoms with E-state index in [1.54, 1.807) is 37.5 Å². The highest BCUT2D eigenvalue weighted by molar-refractivity contribution is 14.1. The minimum Gasteiger partial charge on any atom is -0.497 e. The molecule has 110 valence electrons. The molecule has 0 radical (unpaired) electrons. The number of hydrogen-bond acceptors (Lipinski definition) is 3. The van der Waals surface area contributed by atoms with E-state index in [9.17, 15) is 10.1 Å². The largest absolute Gasteiger partial charge is 0.497 e. The summed E-state index contributed by atoms with van der Waals surface area (Å²) in [5, 5.41) is 11.9. The van der Waals surface area contributed by atoms with Gasteiger partial charge in [0, 0.05) is 9.26 Å². The molecular formula is C17H13IN2O2.